The molecule has 2 atom stereocenters. The van der Waals surface area contributed by atoms with E-state index < -0.39 is 6.61 Å². The number of alkyl halides is 2. The lowest BCUT2D eigenvalue weighted by molar-refractivity contribution is -0.121. The van der Waals surface area contributed by atoms with E-state index >= 15 is 0 Å². The van der Waals surface area contributed by atoms with Crippen LogP contribution in [-0.4, -0.2) is 64.7 Å². The second kappa shape index (κ2) is 10.9. The van der Waals surface area contributed by atoms with Crippen molar-refractivity contribution in [2.75, 3.05) is 31.5 Å². The van der Waals surface area contributed by atoms with Crippen LogP contribution in [0.5, 0.6) is 5.75 Å². The van der Waals surface area contributed by atoms with E-state index in [0.29, 0.717) is 30.5 Å². The molecule has 0 spiro atoms. The fourth-order valence-electron chi connectivity index (χ4n) is 4.03. The molecule has 1 fully saturated rings. The van der Waals surface area contributed by atoms with Crippen LogP contribution < -0.4 is 10.1 Å². The second-order valence-corrected chi connectivity index (χ2v) is 8.64. The van der Waals surface area contributed by atoms with Crippen LogP contribution in [0.3, 0.4) is 0 Å². The standard InChI is InChI=1S/C25H29F2N5O3/c1-16-4-6-19(7-5-16)22-29-24(35-30-22)18(3)32-14-12-31(13-15-32)17(2)23(33)28-20-8-10-21(11-9-20)34-25(26)27/h4-11,17-18,25H,12-15H2,1-3H3,(H,28,33)/t17-,18-/m0/s1. The van der Waals surface area contributed by atoms with Gasteiger partial charge >= 0.3 is 6.61 Å². The number of carbonyl (C=O) groups is 1. The minimum atomic E-state index is -2.88. The Morgan fingerprint density at radius 3 is 2.26 bits per heavy atom. The molecule has 0 radical (unpaired) electrons. The quantitative estimate of drug-likeness (QED) is 0.508. The molecule has 4 rings (SSSR count). The van der Waals surface area contributed by atoms with E-state index in [1.54, 1.807) is 0 Å². The van der Waals surface area contributed by atoms with Gasteiger partial charge in [-0.05, 0) is 45.0 Å². The molecular formula is C25H29F2N5O3. The van der Waals surface area contributed by atoms with Gasteiger partial charge in [0.25, 0.3) is 0 Å². The molecule has 3 aromatic rings. The fourth-order valence-corrected chi connectivity index (χ4v) is 4.03. The summed E-state index contributed by atoms with van der Waals surface area (Å²) in [4.78, 5) is 21.7. The van der Waals surface area contributed by atoms with Crippen molar-refractivity contribution in [3.8, 4) is 17.1 Å². The summed E-state index contributed by atoms with van der Waals surface area (Å²) in [5.41, 5.74) is 2.61. The molecule has 1 N–H and O–H groups in total. The molecule has 1 saturated heterocycles. The van der Waals surface area contributed by atoms with Crippen molar-refractivity contribution in [1.29, 1.82) is 0 Å². The highest BCUT2D eigenvalue weighted by Gasteiger charge is 2.30. The van der Waals surface area contributed by atoms with Crippen molar-refractivity contribution in [2.45, 2.75) is 39.5 Å². The number of nitrogens with zero attached hydrogens (tertiary/aromatic N) is 4. The smallest absolute Gasteiger partial charge is 0.387 e. The zero-order valence-electron chi connectivity index (χ0n) is 19.9. The molecule has 10 heteroatoms. The molecule has 1 aliphatic heterocycles. The molecular weight excluding hydrogens is 456 g/mol. The van der Waals surface area contributed by atoms with Crippen LogP contribution >= 0.6 is 0 Å². The topological polar surface area (TPSA) is 83.7 Å². The predicted molar refractivity (Wildman–Crippen MR) is 127 cm³/mol. The Morgan fingerprint density at radius 1 is 1.00 bits per heavy atom. The Kier molecular flexibility index (Phi) is 7.72. The molecule has 0 unspecified atom stereocenters. The van der Waals surface area contributed by atoms with Crippen LogP contribution in [0.15, 0.2) is 53.1 Å². The zero-order valence-corrected chi connectivity index (χ0v) is 19.9. The molecule has 2 aromatic carbocycles. The number of piperazine rings is 1. The SMILES string of the molecule is Cc1ccc(-c2noc([C@H](C)N3CCN([C@@H](C)C(=O)Nc4ccc(OC(F)F)cc4)CC3)n2)cc1. The lowest BCUT2D eigenvalue weighted by atomic mass is 10.1. The van der Waals surface area contributed by atoms with Gasteiger partial charge in [0, 0.05) is 37.4 Å². The third-order valence-corrected chi connectivity index (χ3v) is 6.28. The summed E-state index contributed by atoms with van der Waals surface area (Å²) in [7, 11) is 0. The van der Waals surface area contributed by atoms with Gasteiger partial charge in [-0.3, -0.25) is 14.6 Å². The number of nitrogens with one attached hydrogen (secondary N) is 1. The Hall–Kier alpha value is -3.37. The maximum atomic E-state index is 12.7. The van der Waals surface area contributed by atoms with Crippen LogP contribution in [0.25, 0.3) is 11.4 Å². The summed E-state index contributed by atoms with van der Waals surface area (Å²) >= 11 is 0. The van der Waals surface area contributed by atoms with E-state index in [0.717, 1.165) is 18.7 Å². The molecule has 0 saturated carbocycles. The van der Waals surface area contributed by atoms with Crippen molar-refractivity contribution < 1.29 is 22.8 Å². The minimum Gasteiger partial charge on any atom is -0.435 e. The zero-order chi connectivity index (χ0) is 24.9. The number of ether oxygens (including phenoxy) is 1. The number of benzene rings is 2. The van der Waals surface area contributed by atoms with Gasteiger partial charge in [-0.15, -0.1) is 0 Å². The van der Waals surface area contributed by atoms with E-state index in [2.05, 4.69) is 30.0 Å². The van der Waals surface area contributed by atoms with Gasteiger partial charge in [0.2, 0.25) is 17.6 Å². The van der Waals surface area contributed by atoms with Crippen LogP contribution in [0.4, 0.5) is 14.5 Å². The lowest BCUT2D eigenvalue weighted by Gasteiger charge is -2.39. The van der Waals surface area contributed by atoms with E-state index in [-0.39, 0.29) is 23.7 Å². The minimum absolute atomic E-state index is 0.0399. The summed E-state index contributed by atoms with van der Waals surface area (Å²) < 4.78 is 34.4. The molecule has 1 amide bonds. The van der Waals surface area contributed by atoms with Crippen molar-refractivity contribution in [3.05, 3.63) is 60.0 Å². The van der Waals surface area contributed by atoms with Crippen molar-refractivity contribution in [2.24, 2.45) is 0 Å². The van der Waals surface area contributed by atoms with Gasteiger partial charge in [0.1, 0.15) is 5.75 Å². The van der Waals surface area contributed by atoms with E-state index in [1.165, 1.54) is 29.8 Å². The first-order valence-electron chi connectivity index (χ1n) is 11.5. The lowest BCUT2D eigenvalue weighted by Crippen LogP contribution is -2.53. The largest absolute Gasteiger partial charge is 0.435 e. The second-order valence-electron chi connectivity index (χ2n) is 8.64. The molecule has 2 heterocycles. The fraction of sp³-hybridized carbons (Fsp3) is 0.400. The van der Waals surface area contributed by atoms with Gasteiger partial charge in [-0.25, -0.2) is 0 Å². The number of hydrogen-bond donors (Lipinski definition) is 1. The summed E-state index contributed by atoms with van der Waals surface area (Å²) in [6.45, 7) is 5.96. The van der Waals surface area contributed by atoms with Gasteiger partial charge < -0.3 is 14.6 Å². The predicted octanol–water partition coefficient (Wildman–Crippen LogP) is 4.35. The molecule has 186 valence electrons. The molecule has 8 nitrogen and oxygen atoms in total. The number of carbonyl (C=O) groups excluding carboxylic acids is 1. The first-order valence-corrected chi connectivity index (χ1v) is 11.5. The number of aromatic nitrogens is 2. The summed E-state index contributed by atoms with van der Waals surface area (Å²) in [5.74, 6) is 1.03. The van der Waals surface area contributed by atoms with E-state index in [9.17, 15) is 13.6 Å². The summed E-state index contributed by atoms with van der Waals surface area (Å²) in [6.07, 6.45) is 0. The molecule has 35 heavy (non-hydrogen) atoms. The highest BCUT2D eigenvalue weighted by atomic mass is 19.3. The molecule has 0 aliphatic carbocycles. The number of aryl methyl sites for hydroxylation is 1. The molecule has 1 aliphatic rings. The van der Waals surface area contributed by atoms with Crippen molar-refractivity contribution in [3.63, 3.8) is 0 Å². The third kappa shape index (κ3) is 6.20. The monoisotopic (exact) mass is 485 g/mol. The first-order chi connectivity index (χ1) is 16.8. The van der Waals surface area contributed by atoms with E-state index in [1.807, 2.05) is 45.0 Å². The number of rotatable bonds is 8. The highest BCUT2D eigenvalue weighted by Crippen LogP contribution is 2.24. The molecule has 0 bridgehead atoms. The third-order valence-electron chi connectivity index (χ3n) is 6.28. The maximum Gasteiger partial charge on any atom is 0.387 e. The maximum absolute atomic E-state index is 12.7. The Labute approximate surface area is 202 Å². The van der Waals surface area contributed by atoms with Gasteiger partial charge in [-0.1, -0.05) is 35.0 Å². The normalized spacial score (nSPS) is 16.7. The number of hydrogen-bond acceptors (Lipinski definition) is 7. The summed E-state index contributed by atoms with van der Waals surface area (Å²) in [5, 5.41) is 6.97. The summed E-state index contributed by atoms with van der Waals surface area (Å²) in [6, 6.07) is 13.5. The van der Waals surface area contributed by atoms with Crippen molar-refractivity contribution >= 4 is 11.6 Å². The van der Waals surface area contributed by atoms with Crippen LogP contribution in [0.2, 0.25) is 0 Å². The van der Waals surface area contributed by atoms with Gasteiger partial charge in [-0.2, -0.15) is 13.8 Å². The van der Waals surface area contributed by atoms with Crippen LogP contribution in [-0.2, 0) is 4.79 Å². The number of halogens is 2. The van der Waals surface area contributed by atoms with Crippen LogP contribution in [0, 0.1) is 6.92 Å². The Morgan fingerprint density at radius 2 is 1.63 bits per heavy atom. The Bertz CT molecular complexity index is 1110. The number of amides is 1. The van der Waals surface area contributed by atoms with Crippen LogP contribution in [0.1, 0.15) is 31.3 Å². The average molecular weight is 486 g/mol. The highest BCUT2D eigenvalue weighted by molar-refractivity contribution is 5.94. The van der Waals surface area contributed by atoms with Gasteiger partial charge in [0.15, 0.2) is 0 Å². The average Bonchev–Trinajstić information content (AvgIpc) is 3.35. The van der Waals surface area contributed by atoms with E-state index in [4.69, 9.17) is 4.52 Å². The first kappa shape index (κ1) is 24.7. The molecule has 1 aromatic heterocycles. The Balaban J connectivity index is 1.28. The van der Waals surface area contributed by atoms with Crippen molar-refractivity contribution in [1.82, 2.24) is 19.9 Å². The number of anilines is 1. The van der Waals surface area contributed by atoms with Gasteiger partial charge in [0.05, 0.1) is 12.1 Å².